The maximum Gasteiger partial charge on any atom is 0.222 e. The van der Waals surface area contributed by atoms with E-state index in [4.69, 9.17) is 11.6 Å². The van der Waals surface area contributed by atoms with Crippen LogP contribution >= 0.6 is 11.6 Å². The Morgan fingerprint density at radius 2 is 2.36 bits per heavy atom. The fourth-order valence-corrected chi connectivity index (χ4v) is 1.92. The van der Waals surface area contributed by atoms with Crippen LogP contribution in [0.3, 0.4) is 0 Å². The van der Waals surface area contributed by atoms with Crippen molar-refractivity contribution in [2.24, 2.45) is 5.92 Å². The number of hydrogen-bond donors (Lipinski definition) is 0. The van der Waals surface area contributed by atoms with Crippen LogP contribution in [-0.2, 0) is 6.54 Å². The van der Waals surface area contributed by atoms with Gasteiger partial charge in [0, 0.05) is 25.8 Å². The van der Waals surface area contributed by atoms with Gasteiger partial charge in [-0.1, -0.05) is 13.3 Å². The summed E-state index contributed by atoms with van der Waals surface area (Å²) in [7, 11) is 0. The molecule has 2 heterocycles. The standard InChI is InChI=1S/C10H14ClN3/c1-2-8-5-14(6-8)7-9-3-4-12-10(11)13-9/h3-4,8H,2,5-7H2,1H3. The van der Waals surface area contributed by atoms with Gasteiger partial charge in [-0.3, -0.25) is 4.90 Å². The van der Waals surface area contributed by atoms with Crippen molar-refractivity contribution >= 4 is 11.6 Å². The molecule has 0 radical (unpaired) electrons. The Bertz CT molecular complexity index is 310. The molecule has 0 saturated carbocycles. The quantitative estimate of drug-likeness (QED) is 0.716. The Balaban J connectivity index is 1.87. The average molecular weight is 212 g/mol. The second-order valence-corrected chi connectivity index (χ2v) is 4.12. The largest absolute Gasteiger partial charge is 0.297 e. The molecule has 0 amide bonds. The van der Waals surface area contributed by atoms with Gasteiger partial charge in [0.2, 0.25) is 5.28 Å². The van der Waals surface area contributed by atoms with Gasteiger partial charge in [-0.15, -0.1) is 0 Å². The van der Waals surface area contributed by atoms with Crippen molar-refractivity contribution < 1.29 is 0 Å². The first-order valence-electron chi connectivity index (χ1n) is 4.97. The van der Waals surface area contributed by atoms with Crippen molar-refractivity contribution in [2.45, 2.75) is 19.9 Å². The first-order valence-corrected chi connectivity index (χ1v) is 5.35. The topological polar surface area (TPSA) is 29.0 Å². The van der Waals surface area contributed by atoms with Crippen LogP contribution < -0.4 is 0 Å². The monoisotopic (exact) mass is 211 g/mol. The molecule has 0 spiro atoms. The number of hydrogen-bond acceptors (Lipinski definition) is 3. The van der Waals surface area contributed by atoms with Crippen molar-refractivity contribution in [3.8, 4) is 0 Å². The van der Waals surface area contributed by atoms with Gasteiger partial charge in [0.15, 0.2) is 0 Å². The van der Waals surface area contributed by atoms with Crippen LogP contribution in [0.2, 0.25) is 5.28 Å². The lowest BCUT2D eigenvalue weighted by atomic mass is 9.97. The summed E-state index contributed by atoms with van der Waals surface area (Å²) in [5.74, 6) is 0.882. The van der Waals surface area contributed by atoms with E-state index in [-0.39, 0.29) is 0 Å². The lowest BCUT2D eigenvalue weighted by molar-refractivity contribution is 0.0885. The number of aromatic nitrogens is 2. The number of nitrogens with zero attached hydrogens (tertiary/aromatic N) is 3. The zero-order chi connectivity index (χ0) is 9.97. The zero-order valence-electron chi connectivity index (χ0n) is 8.28. The van der Waals surface area contributed by atoms with Crippen molar-refractivity contribution in [3.05, 3.63) is 23.2 Å². The van der Waals surface area contributed by atoms with Crippen molar-refractivity contribution in [1.82, 2.24) is 14.9 Å². The van der Waals surface area contributed by atoms with Crippen molar-refractivity contribution in [1.29, 1.82) is 0 Å². The lowest BCUT2D eigenvalue weighted by Gasteiger charge is -2.38. The molecule has 2 rings (SSSR count). The molecule has 0 bridgehead atoms. The highest BCUT2D eigenvalue weighted by atomic mass is 35.5. The van der Waals surface area contributed by atoms with Crippen LogP contribution in [0.25, 0.3) is 0 Å². The summed E-state index contributed by atoms with van der Waals surface area (Å²) in [6, 6.07) is 1.92. The van der Waals surface area contributed by atoms with Gasteiger partial charge >= 0.3 is 0 Å². The summed E-state index contributed by atoms with van der Waals surface area (Å²) >= 11 is 5.70. The summed E-state index contributed by atoms with van der Waals surface area (Å²) in [5, 5.41) is 0.343. The predicted octanol–water partition coefficient (Wildman–Crippen LogP) is 1.97. The minimum absolute atomic E-state index is 0.343. The van der Waals surface area contributed by atoms with E-state index < -0.39 is 0 Å². The van der Waals surface area contributed by atoms with Crippen LogP contribution in [0, 0.1) is 5.92 Å². The highest BCUT2D eigenvalue weighted by Gasteiger charge is 2.24. The molecule has 4 heteroatoms. The minimum atomic E-state index is 0.343. The Labute approximate surface area is 89.1 Å². The fraction of sp³-hybridized carbons (Fsp3) is 0.600. The molecule has 0 aliphatic carbocycles. The van der Waals surface area contributed by atoms with Crippen molar-refractivity contribution in [3.63, 3.8) is 0 Å². The van der Waals surface area contributed by atoms with Gasteiger partial charge in [0.25, 0.3) is 0 Å². The minimum Gasteiger partial charge on any atom is -0.297 e. The maximum absolute atomic E-state index is 5.70. The Morgan fingerprint density at radius 3 is 3.00 bits per heavy atom. The Kier molecular flexibility index (Phi) is 2.99. The van der Waals surface area contributed by atoms with Gasteiger partial charge in [-0.05, 0) is 23.6 Å². The summed E-state index contributed by atoms with van der Waals surface area (Å²) in [6.07, 6.45) is 2.99. The van der Waals surface area contributed by atoms with E-state index >= 15 is 0 Å². The van der Waals surface area contributed by atoms with Gasteiger partial charge in [-0.2, -0.15) is 0 Å². The molecule has 1 aliphatic rings. The van der Waals surface area contributed by atoms with Crippen LogP contribution in [0.1, 0.15) is 19.0 Å². The molecule has 1 aliphatic heterocycles. The van der Waals surface area contributed by atoms with Crippen molar-refractivity contribution in [2.75, 3.05) is 13.1 Å². The number of halogens is 1. The lowest BCUT2D eigenvalue weighted by Crippen LogP contribution is -2.45. The third kappa shape index (κ3) is 2.22. The second-order valence-electron chi connectivity index (χ2n) is 3.79. The van der Waals surface area contributed by atoms with E-state index in [1.54, 1.807) is 6.20 Å². The van der Waals surface area contributed by atoms with Crippen LogP contribution in [0.15, 0.2) is 12.3 Å². The first-order chi connectivity index (χ1) is 6.78. The predicted molar refractivity (Wildman–Crippen MR) is 56.1 cm³/mol. The van der Waals surface area contributed by atoms with Gasteiger partial charge in [0.05, 0.1) is 5.69 Å². The van der Waals surface area contributed by atoms with E-state index in [9.17, 15) is 0 Å². The SMILES string of the molecule is CCC1CN(Cc2ccnc(Cl)n2)C1. The molecule has 76 valence electrons. The molecule has 14 heavy (non-hydrogen) atoms. The molecule has 1 aromatic heterocycles. The van der Waals surface area contributed by atoms with Crippen LogP contribution in [-0.4, -0.2) is 28.0 Å². The van der Waals surface area contributed by atoms with Gasteiger partial charge in [-0.25, -0.2) is 9.97 Å². The number of rotatable bonds is 3. The normalized spacial score (nSPS) is 18.1. The highest BCUT2D eigenvalue weighted by Crippen LogP contribution is 2.20. The molecule has 0 N–H and O–H groups in total. The Hall–Kier alpha value is -0.670. The smallest absolute Gasteiger partial charge is 0.222 e. The fourth-order valence-electron chi connectivity index (χ4n) is 1.75. The number of likely N-dealkylation sites (tertiary alicyclic amines) is 1. The van der Waals surface area contributed by atoms with Gasteiger partial charge < -0.3 is 0 Å². The maximum atomic E-state index is 5.70. The molecule has 0 unspecified atom stereocenters. The third-order valence-corrected chi connectivity index (χ3v) is 2.86. The zero-order valence-corrected chi connectivity index (χ0v) is 9.04. The molecular weight excluding hydrogens is 198 g/mol. The third-order valence-electron chi connectivity index (χ3n) is 2.68. The average Bonchev–Trinajstić information content (AvgIpc) is 2.10. The van der Waals surface area contributed by atoms with E-state index in [1.165, 1.54) is 19.5 Å². The molecule has 0 atom stereocenters. The molecular formula is C10H14ClN3. The Morgan fingerprint density at radius 1 is 1.57 bits per heavy atom. The molecule has 0 aromatic carbocycles. The first kappa shape index (κ1) is 9.87. The molecule has 1 aromatic rings. The van der Waals surface area contributed by atoms with Crippen LogP contribution in [0.4, 0.5) is 0 Å². The molecule has 3 nitrogen and oxygen atoms in total. The summed E-state index contributed by atoms with van der Waals surface area (Å²) in [4.78, 5) is 10.4. The summed E-state index contributed by atoms with van der Waals surface area (Å²) < 4.78 is 0. The van der Waals surface area contributed by atoms with Gasteiger partial charge in [0.1, 0.15) is 0 Å². The highest BCUT2D eigenvalue weighted by molar-refractivity contribution is 6.28. The van der Waals surface area contributed by atoms with E-state index in [0.29, 0.717) is 5.28 Å². The molecule has 1 saturated heterocycles. The molecule has 1 fully saturated rings. The summed E-state index contributed by atoms with van der Waals surface area (Å²) in [5.41, 5.74) is 1.01. The van der Waals surface area contributed by atoms with E-state index in [0.717, 1.165) is 18.2 Å². The summed E-state index contributed by atoms with van der Waals surface area (Å²) in [6.45, 7) is 5.53. The van der Waals surface area contributed by atoms with E-state index in [1.807, 2.05) is 6.07 Å². The van der Waals surface area contributed by atoms with Crippen LogP contribution in [0.5, 0.6) is 0 Å². The van der Waals surface area contributed by atoms with E-state index in [2.05, 4.69) is 21.8 Å². The second kappa shape index (κ2) is 4.24.